The second kappa shape index (κ2) is 41.0. The SMILES string of the molecule is CC(C)(C)OC(=O)N1CCC2(CCNC2=O)CC1.CNCCNC.COc1cc(Br)ccc1Cl.COc1cc(N2CCC3(CCN(C(=O)Cn4nc(C(F)(F)F)c(Cl)c4C)CC3)C2=O)ccc1Cl.COc1cc(N2CCC3(CCN(C(=O)OC(C)(C)C)CC3)C2=O)ccc1Cl.O=C1NCCC12CCNCC2.[Cu][I]. The molecular formula is C74H104BrCl4CuF3IN12O12. The summed E-state index contributed by atoms with van der Waals surface area (Å²) in [6.45, 7) is 22.2. The molecule has 3 aromatic carbocycles. The predicted octanol–water partition coefficient (Wildman–Crippen LogP) is 13.5. The summed E-state index contributed by atoms with van der Waals surface area (Å²) in [6, 6.07) is 16.0. The molecule has 108 heavy (non-hydrogen) atoms. The molecule has 0 atom stereocenters. The number of benzene rings is 3. The zero-order chi connectivity index (χ0) is 80.2. The number of hydrogen-bond acceptors (Lipinski definition) is 16. The molecule has 8 fully saturated rings. The van der Waals surface area contributed by atoms with Gasteiger partial charge in [-0.3, -0.25) is 28.7 Å². The van der Waals surface area contributed by atoms with Crippen LogP contribution in [0.3, 0.4) is 0 Å². The van der Waals surface area contributed by atoms with Crippen LogP contribution in [0.2, 0.25) is 20.1 Å². The zero-order valence-electron chi connectivity index (χ0n) is 63.5. The summed E-state index contributed by atoms with van der Waals surface area (Å²) in [4.78, 5) is 95.2. The van der Waals surface area contributed by atoms with Gasteiger partial charge in [-0.2, -0.15) is 18.3 Å². The van der Waals surface area contributed by atoms with Crippen molar-refractivity contribution < 1.29 is 83.2 Å². The Bertz CT molecular complexity index is 3710. The van der Waals surface area contributed by atoms with E-state index < -0.39 is 38.9 Å². The average molecular weight is 1820 g/mol. The number of rotatable bonds is 10. The van der Waals surface area contributed by atoms with Gasteiger partial charge in [0, 0.05) is 107 Å². The summed E-state index contributed by atoms with van der Waals surface area (Å²) in [5.74, 6) is 1.93. The third kappa shape index (κ3) is 24.4. The van der Waals surface area contributed by atoms with Crippen LogP contribution in [0, 0.1) is 28.6 Å². The van der Waals surface area contributed by atoms with Crippen LogP contribution < -0.4 is 50.6 Å². The van der Waals surface area contributed by atoms with E-state index in [0.29, 0.717) is 128 Å². The van der Waals surface area contributed by atoms with Gasteiger partial charge in [0.15, 0.2) is 5.69 Å². The Morgan fingerprint density at radius 2 is 0.898 bits per heavy atom. The topological polar surface area (TPSA) is 260 Å². The molecule has 34 heteroatoms. The molecule has 8 aliphatic rings. The molecule has 9 heterocycles. The standard InChI is InChI=1S/C22H23Cl2F3N4O3.C20H27ClN2O4.C13H22N2O3.C8H14N2O.C7H6BrClO.C4H12N2.Cu.HI/c1-13-18(24)19(22(25,26)27)28-31(13)12-17(32)29-8-5-21(6-9-29)7-10-30(20(21)33)14-3-4-15(23)16(11-14)34-2;1-19(2,3)27-18(25)22-10-7-20(8-11-22)9-12-23(17(20)24)14-5-6-15(21)16(13-14)26-4;1-12(2,3)18-11(17)15-8-5-13(6-9-15)4-7-14-10(13)16;11-7-8(3-6-10-7)1-4-9-5-2-8;1-10-7-4-5(8)2-3-6(7)9;1-5-3-4-6-2;;/h3-4,11H,5-10,12H2,1-2H3;5-6,13H,7-12H2,1-4H3;4-9H2,1-3H3,(H,14,16);9H,1-6H2,(H,10,11);2-4H,1H3;5-6H,3-4H2,1-2H3;;1H/q;;;;;;+1;/p-1. The van der Waals surface area contributed by atoms with Crippen molar-refractivity contribution in [3.05, 3.63) is 90.5 Å². The Kier molecular flexibility index (Phi) is 34.7. The van der Waals surface area contributed by atoms with Gasteiger partial charge in [0.05, 0.1) is 68.8 Å². The number of likely N-dealkylation sites (tertiary alicyclic amines) is 3. The third-order valence-corrected chi connectivity index (χ3v) is 22.3. The molecule has 4 aromatic rings. The second-order valence-corrected chi connectivity index (χ2v) is 32.2. The maximum atomic E-state index is 13.3. The van der Waals surface area contributed by atoms with Crippen molar-refractivity contribution in [2.45, 2.75) is 149 Å². The molecule has 24 nitrogen and oxygen atoms in total. The molecule has 8 saturated heterocycles. The van der Waals surface area contributed by atoms with Crippen molar-refractivity contribution in [3.63, 3.8) is 0 Å². The van der Waals surface area contributed by atoms with Crippen LogP contribution >= 0.6 is 82.7 Å². The quantitative estimate of drug-likeness (QED) is 0.0562. The molecule has 0 radical (unpaired) electrons. The third-order valence-electron chi connectivity index (χ3n) is 20.5. The van der Waals surface area contributed by atoms with Gasteiger partial charge in [0.2, 0.25) is 29.5 Å². The van der Waals surface area contributed by atoms with Crippen LogP contribution in [-0.4, -0.2) is 204 Å². The predicted molar refractivity (Wildman–Crippen MR) is 421 cm³/mol. The Balaban J connectivity index is 0.000000218. The Morgan fingerprint density at radius 3 is 1.24 bits per heavy atom. The first-order valence-corrected chi connectivity index (χ1v) is 41.3. The van der Waals surface area contributed by atoms with Crippen molar-refractivity contribution in [2.24, 2.45) is 21.7 Å². The Hall–Kier alpha value is -5.28. The summed E-state index contributed by atoms with van der Waals surface area (Å²) in [7, 11) is 8.54. The van der Waals surface area contributed by atoms with Gasteiger partial charge in [-0.05, 0) is 195 Å². The van der Waals surface area contributed by atoms with E-state index >= 15 is 0 Å². The number of alkyl halides is 3. The number of carbonyl (C=O) groups excluding carboxylic acids is 7. The Morgan fingerprint density at radius 1 is 0.546 bits per heavy atom. The molecule has 606 valence electrons. The fourth-order valence-electron chi connectivity index (χ4n) is 14.0. The molecule has 0 saturated carbocycles. The number of methoxy groups -OCH3 is 3. The van der Waals surface area contributed by atoms with E-state index in [-0.39, 0.29) is 58.9 Å². The van der Waals surface area contributed by atoms with E-state index in [1.165, 1.54) is 14.0 Å². The normalized spacial score (nSPS) is 18.8. The molecule has 7 amide bonds. The first-order valence-electron chi connectivity index (χ1n) is 35.9. The number of likely N-dealkylation sites (N-methyl/N-ethyl adjacent to an activating group) is 2. The van der Waals surface area contributed by atoms with Gasteiger partial charge in [0.1, 0.15) is 35.0 Å². The van der Waals surface area contributed by atoms with Gasteiger partial charge in [-0.15, -0.1) is 0 Å². The zero-order valence-corrected chi connectivity index (χ0v) is 71.2. The fraction of sp³-hybridized carbons (Fsp3) is 0.622. The molecule has 8 aliphatic heterocycles. The molecule has 5 N–H and O–H groups in total. The minimum atomic E-state index is -4.70. The summed E-state index contributed by atoms with van der Waals surface area (Å²) < 4.78 is 67.4. The van der Waals surface area contributed by atoms with Gasteiger partial charge in [-0.1, -0.05) is 62.3 Å². The van der Waals surface area contributed by atoms with E-state index in [1.807, 2.05) is 78.7 Å². The minimum absolute atomic E-state index is 0.00602. The second-order valence-electron chi connectivity index (χ2n) is 29.6. The van der Waals surface area contributed by atoms with Crippen LogP contribution in [0.15, 0.2) is 59.1 Å². The molecule has 0 aliphatic carbocycles. The summed E-state index contributed by atoms with van der Waals surface area (Å²) in [5.41, 5.74) is -1.77. The number of amides is 7. The monoisotopic (exact) mass is 1820 g/mol. The first-order chi connectivity index (χ1) is 50.9. The van der Waals surface area contributed by atoms with Crippen molar-refractivity contribution in [3.8, 4) is 17.2 Å². The maximum absolute atomic E-state index is 13.3. The number of nitrogens with zero attached hydrogens (tertiary/aromatic N) is 7. The number of halogens is 9. The molecule has 12 rings (SSSR count). The van der Waals surface area contributed by atoms with Crippen LogP contribution in [0.4, 0.5) is 34.1 Å². The summed E-state index contributed by atoms with van der Waals surface area (Å²) in [5, 5.41) is 19.7. The number of piperidine rings is 4. The average Bonchev–Trinajstić information content (AvgIpc) is 1.61. The number of anilines is 2. The number of nitrogens with one attached hydrogen (secondary N) is 5. The van der Waals surface area contributed by atoms with E-state index in [0.717, 1.165) is 99.1 Å². The summed E-state index contributed by atoms with van der Waals surface area (Å²) >= 11 is 32.9. The fourth-order valence-corrected chi connectivity index (χ4v) is 15.2. The van der Waals surface area contributed by atoms with E-state index in [2.05, 4.69) is 60.4 Å². The first kappa shape index (κ1) is 91.6. The number of hydrogen-bond donors (Lipinski definition) is 5. The van der Waals surface area contributed by atoms with Crippen LogP contribution in [0.1, 0.15) is 130 Å². The van der Waals surface area contributed by atoms with Crippen molar-refractivity contribution >= 4 is 136 Å². The van der Waals surface area contributed by atoms with Gasteiger partial charge < -0.3 is 74.8 Å². The van der Waals surface area contributed by atoms with Gasteiger partial charge >= 0.3 is 51.5 Å². The van der Waals surface area contributed by atoms with Crippen LogP contribution in [-0.2, 0) is 58.9 Å². The molecule has 1 aromatic heterocycles. The molecule has 0 bridgehead atoms. The molecule has 0 unspecified atom stereocenters. The van der Waals surface area contributed by atoms with Crippen molar-refractivity contribution in [2.75, 3.05) is 137 Å². The summed E-state index contributed by atoms with van der Waals surface area (Å²) in [6.07, 6.45) is 3.94. The van der Waals surface area contributed by atoms with Crippen molar-refractivity contribution in [1.82, 2.24) is 51.1 Å². The number of ether oxygens (including phenoxy) is 5. The van der Waals surface area contributed by atoms with E-state index in [9.17, 15) is 46.7 Å². The van der Waals surface area contributed by atoms with Crippen molar-refractivity contribution in [1.29, 1.82) is 0 Å². The van der Waals surface area contributed by atoms with Crippen LogP contribution in [0.25, 0.3) is 0 Å². The Labute approximate surface area is 680 Å². The number of aromatic nitrogens is 2. The number of carbonyl (C=O) groups is 7. The van der Waals surface area contributed by atoms with E-state index in [1.54, 1.807) is 90.6 Å². The molecule has 4 spiro atoms. The van der Waals surface area contributed by atoms with Gasteiger partial charge in [-0.25, -0.2) is 9.59 Å². The van der Waals surface area contributed by atoms with Crippen LogP contribution in [0.5, 0.6) is 17.2 Å². The van der Waals surface area contributed by atoms with E-state index in [4.69, 9.17) is 70.1 Å². The molecular weight excluding hydrogens is 1720 g/mol. The van der Waals surface area contributed by atoms with Gasteiger partial charge in [0.25, 0.3) is 0 Å².